The van der Waals surface area contributed by atoms with E-state index in [9.17, 15) is 13.2 Å². The molecule has 1 aromatic heterocycles. The van der Waals surface area contributed by atoms with Gasteiger partial charge in [-0.2, -0.15) is 8.42 Å². The zero-order chi connectivity index (χ0) is 20.9. The molecule has 1 heterocycles. The van der Waals surface area contributed by atoms with Crippen molar-refractivity contribution in [1.82, 2.24) is 10.3 Å². The molecule has 9 heteroatoms. The summed E-state index contributed by atoms with van der Waals surface area (Å²) in [4.78, 5) is 16.1. The molecule has 154 valence electrons. The molecule has 8 nitrogen and oxygen atoms in total. The number of hydrogen-bond acceptors (Lipinski definition) is 7. The number of carbonyl (C=O) groups is 1. The van der Waals surface area contributed by atoms with Gasteiger partial charge < -0.3 is 14.8 Å². The van der Waals surface area contributed by atoms with Crippen molar-refractivity contribution in [2.45, 2.75) is 58.6 Å². The lowest BCUT2D eigenvalue weighted by Crippen LogP contribution is -2.45. The summed E-state index contributed by atoms with van der Waals surface area (Å²) in [6.07, 6.45) is 3.57. The molecular formula is C18H30N2O6S. The Labute approximate surface area is 161 Å². The summed E-state index contributed by atoms with van der Waals surface area (Å²) in [5.41, 5.74) is 0.210. The fourth-order valence-electron chi connectivity index (χ4n) is 1.92. The van der Waals surface area contributed by atoms with Crippen LogP contribution in [-0.4, -0.2) is 50.6 Å². The molecule has 0 aliphatic carbocycles. The molecule has 0 bridgehead atoms. The number of rotatable bonds is 7. The van der Waals surface area contributed by atoms with E-state index in [1.54, 1.807) is 33.2 Å². The van der Waals surface area contributed by atoms with Crippen LogP contribution >= 0.6 is 0 Å². The van der Waals surface area contributed by atoms with Gasteiger partial charge in [-0.15, -0.1) is 0 Å². The Morgan fingerprint density at radius 2 is 1.78 bits per heavy atom. The van der Waals surface area contributed by atoms with Crippen LogP contribution in [-0.2, 0) is 24.5 Å². The molecule has 0 unspecified atom stereocenters. The third-order valence-corrected chi connectivity index (χ3v) is 3.80. The molecule has 0 spiro atoms. The highest BCUT2D eigenvalue weighted by molar-refractivity contribution is 7.85. The summed E-state index contributed by atoms with van der Waals surface area (Å²) in [6, 6.07) is 1.13. The zero-order valence-corrected chi connectivity index (χ0v) is 17.8. The Kier molecular flexibility index (Phi) is 7.62. The first-order chi connectivity index (χ1) is 12.2. The van der Waals surface area contributed by atoms with Gasteiger partial charge in [-0.25, -0.2) is 4.79 Å². The SMILES string of the molecule is CC(C)(C)OC(=O)N[C@H](COc1cncc(C(C)(C)C)c1)COS(C)(=O)=O. The molecule has 27 heavy (non-hydrogen) atoms. The highest BCUT2D eigenvalue weighted by Gasteiger charge is 2.22. The predicted octanol–water partition coefficient (Wildman–Crippen LogP) is 2.63. The van der Waals surface area contributed by atoms with Gasteiger partial charge in [0.05, 0.1) is 25.1 Å². The van der Waals surface area contributed by atoms with Gasteiger partial charge in [-0.3, -0.25) is 9.17 Å². The van der Waals surface area contributed by atoms with Gasteiger partial charge in [0.2, 0.25) is 0 Å². The van der Waals surface area contributed by atoms with Crippen LogP contribution in [0.15, 0.2) is 18.5 Å². The lowest BCUT2D eigenvalue weighted by molar-refractivity contribution is 0.0466. The first-order valence-corrected chi connectivity index (χ1v) is 10.4. The molecule has 0 aliphatic rings. The number of ether oxygens (including phenoxy) is 2. The highest BCUT2D eigenvalue weighted by atomic mass is 32.2. The van der Waals surface area contributed by atoms with Crippen molar-refractivity contribution in [2.24, 2.45) is 0 Å². The molecule has 0 saturated heterocycles. The smallest absolute Gasteiger partial charge is 0.408 e. The van der Waals surface area contributed by atoms with E-state index in [0.717, 1.165) is 11.8 Å². The fourth-order valence-corrected chi connectivity index (χ4v) is 2.33. The van der Waals surface area contributed by atoms with E-state index in [2.05, 4.69) is 31.1 Å². The molecule has 0 radical (unpaired) electrons. The van der Waals surface area contributed by atoms with Crippen molar-refractivity contribution in [1.29, 1.82) is 0 Å². The second-order valence-corrected chi connectivity index (χ2v) is 9.95. The minimum atomic E-state index is -3.66. The van der Waals surface area contributed by atoms with Crippen LogP contribution in [0.4, 0.5) is 4.79 Å². The van der Waals surface area contributed by atoms with Crippen LogP contribution in [0.5, 0.6) is 5.75 Å². The first kappa shape index (κ1) is 23.2. The highest BCUT2D eigenvalue weighted by Crippen LogP contribution is 2.24. The van der Waals surface area contributed by atoms with Crippen LogP contribution in [0, 0.1) is 0 Å². The third-order valence-electron chi connectivity index (χ3n) is 3.23. The van der Waals surface area contributed by atoms with E-state index in [4.69, 9.17) is 13.7 Å². The summed E-state index contributed by atoms with van der Waals surface area (Å²) >= 11 is 0. The van der Waals surface area contributed by atoms with Crippen LogP contribution in [0.3, 0.4) is 0 Å². The second kappa shape index (κ2) is 8.88. The molecule has 0 saturated carbocycles. The Bertz CT molecular complexity index is 735. The van der Waals surface area contributed by atoms with Gasteiger partial charge >= 0.3 is 6.09 Å². The van der Waals surface area contributed by atoms with E-state index in [0.29, 0.717) is 5.75 Å². The quantitative estimate of drug-likeness (QED) is 0.699. The molecular weight excluding hydrogens is 372 g/mol. The maximum absolute atomic E-state index is 12.0. The van der Waals surface area contributed by atoms with Crippen molar-refractivity contribution in [3.05, 3.63) is 24.0 Å². The Balaban J connectivity index is 2.80. The van der Waals surface area contributed by atoms with Gasteiger partial charge in [0.1, 0.15) is 18.0 Å². The maximum Gasteiger partial charge on any atom is 0.408 e. The Morgan fingerprint density at radius 1 is 1.15 bits per heavy atom. The minimum Gasteiger partial charge on any atom is -0.490 e. The van der Waals surface area contributed by atoms with Crippen LogP contribution < -0.4 is 10.1 Å². The zero-order valence-electron chi connectivity index (χ0n) is 17.0. The number of carbonyl (C=O) groups excluding carboxylic acids is 1. The number of alkyl carbamates (subject to hydrolysis) is 1. The Hall–Kier alpha value is -1.87. The number of nitrogens with one attached hydrogen (secondary N) is 1. The van der Waals surface area contributed by atoms with E-state index in [1.165, 1.54) is 0 Å². The summed E-state index contributed by atoms with van der Waals surface area (Å²) in [5.74, 6) is 0.512. The molecule has 0 aromatic carbocycles. The predicted molar refractivity (Wildman–Crippen MR) is 102 cm³/mol. The molecule has 0 aliphatic heterocycles. The number of nitrogens with zero attached hydrogens (tertiary/aromatic N) is 1. The van der Waals surface area contributed by atoms with E-state index in [-0.39, 0.29) is 18.6 Å². The normalized spacial score (nSPS) is 13.7. The summed E-state index contributed by atoms with van der Waals surface area (Å²) in [6.45, 7) is 11.1. The van der Waals surface area contributed by atoms with E-state index in [1.807, 2.05) is 6.07 Å². The van der Waals surface area contributed by atoms with Crippen LogP contribution in [0.1, 0.15) is 47.1 Å². The third kappa shape index (κ3) is 10.1. The molecule has 1 N–H and O–H groups in total. The van der Waals surface area contributed by atoms with E-state index >= 15 is 0 Å². The molecule has 1 amide bonds. The summed E-state index contributed by atoms with van der Waals surface area (Å²) < 4.78 is 38.2. The van der Waals surface area contributed by atoms with Crippen molar-refractivity contribution in [2.75, 3.05) is 19.5 Å². The first-order valence-electron chi connectivity index (χ1n) is 8.58. The lowest BCUT2D eigenvalue weighted by atomic mass is 9.88. The van der Waals surface area contributed by atoms with Gasteiger partial charge in [0, 0.05) is 6.20 Å². The number of hydrogen-bond donors (Lipinski definition) is 1. The van der Waals surface area contributed by atoms with Gasteiger partial charge in [-0.1, -0.05) is 20.8 Å². The van der Waals surface area contributed by atoms with Crippen LogP contribution in [0.2, 0.25) is 0 Å². The van der Waals surface area contributed by atoms with E-state index < -0.39 is 27.9 Å². The summed E-state index contributed by atoms with van der Waals surface area (Å²) in [7, 11) is -3.66. The van der Waals surface area contributed by atoms with Gasteiger partial charge in [0.15, 0.2) is 0 Å². The number of pyridine rings is 1. The average Bonchev–Trinajstić information content (AvgIpc) is 2.46. The average molecular weight is 403 g/mol. The monoisotopic (exact) mass is 402 g/mol. The standard InChI is InChI=1S/C18H30N2O6S/c1-17(2,3)13-8-15(10-19-9-13)24-11-14(12-25-27(7,22)23)20-16(21)26-18(4,5)6/h8-10,14H,11-12H2,1-7H3,(H,20,21)/t14-/m1/s1. The van der Waals surface area contributed by atoms with Gasteiger partial charge in [0.25, 0.3) is 10.1 Å². The van der Waals surface area contributed by atoms with Crippen LogP contribution in [0.25, 0.3) is 0 Å². The van der Waals surface area contributed by atoms with Gasteiger partial charge in [-0.05, 0) is 37.8 Å². The molecule has 0 fully saturated rings. The maximum atomic E-state index is 12.0. The molecule has 1 rings (SSSR count). The number of amides is 1. The minimum absolute atomic E-state index is 0.00988. The van der Waals surface area contributed by atoms with Crippen molar-refractivity contribution in [3.8, 4) is 5.75 Å². The second-order valence-electron chi connectivity index (χ2n) is 8.30. The molecule has 1 atom stereocenters. The van der Waals surface area contributed by atoms with Crippen molar-refractivity contribution in [3.63, 3.8) is 0 Å². The number of aromatic nitrogens is 1. The van der Waals surface area contributed by atoms with Crippen molar-refractivity contribution >= 4 is 16.2 Å². The summed E-state index contributed by atoms with van der Waals surface area (Å²) in [5, 5.41) is 2.57. The molecule has 1 aromatic rings. The Morgan fingerprint density at radius 3 is 2.30 bits per heavy atom. The largest absolute Gasteiger partial charge is 0.490 e. The van der Waals surface area contributed by atoms with Crippen molar-refractivity contribution < 1.29 is 26.9 Å². The topological polar surface area (TPSA) is 104 Å². The fraction of sp³-hybridized carbons (Fsp3) is 0.667. The lowest BCUT2D eigenvalue weighted by Gasteiger charge is -2.24.